The Morgan fingerprint density at radius 3 is 2.71 bits per heavy atom. The van der Waals surface area contributed by atoms with Crippen LogP contribution in [-0.4, -0.2) is 31.7 Å². The SMILES string of the molecule is COc1ccc(-c2nc3c4sc5nc(C)cc(C)c5c4ncn3n2)cc1COc1ccccc1Cl. The van der Waals surface area contributed by atoms with Gasteiger partial charge in [0.1, 0.15) is 34.0 Å². The van der Waals surface area contributed by atoms with E-state index in [9.17, 15) is 0 Å². The van der Waals surface area contributed by atoms with Gasteiger partial charge in [0.05, 0.1) is 17.6 Å². The molecule has 0 radical (unpaired) electrons. The first-order chi connectivity index (χ1) is 17.0. The lowest BCUT2D eigenvalue weighted by Crippen LogP contribution is -2.00. The number of rotatable bonds is 5. The first-order valence-electron chi connectivity index (χ1n) is 11.0. The minimum atomic E-state index is 0.292. The van der Waals surface area contributed by atoms with Gasteiger partial charge in [-0.2, -0.15) is 0 Å². The molecule has 6 rings (SSSR count). The average Bonchev–Trinajstić information content (AvgIpc) is 3.44. The number of aromatic nitrogens is 5. The largest absolute Gasteiger partial charge is 0.496 e. The molecule has 7 nitrogen and oxygen atoms in total. The fourth-order valence-electron chi connectivity index (χ4n) is 4.24. The number of nitrogens with zero attached hydrogens (tertiary/aromatic N) is 5. The first-order valence-corrected chi connectivity index (χ1v) is 12.2. The summed E-state index contributed by atoms with van der Waals surface area (Å²) in [5.41, 5.74) is 5.54. The van der Waals surface area contributed by atoms with Crippen molar-refractivity contribution in [2.24, 2.45) is 0 Å². The molecule has 6 aromatic rings. The molecule has 0 amide bonds. The Morgan fingerprint density at radius 2 is 1.89 bits per heavy atom. The van der Waals surface area contributed by atoms with Crippen molar-refractivity contribution >= 4 is 49.0 Å². The molecule has 0 bridgehead atoms. The summed E-state index contributed by atoms with van der Waals surface area (Å²) in [5.74, 6) is 1.93. The Bertz CT molecular complexity index is 1740. The molecule has 35 heavy (non-hydrogen) atoms. The second-order valence-electron chi connectivity index (χ2n) is 8.23. The van der Waals surface area contributed by atoms with E-state index in [0.717, 1.165) is 54.2 Å². The molecule has 0 fully saturated rings. The van der Waals surface area contributed by atoms with E-state index in [0.29, 0.717) is 23.2 Å². The van der Waals surface area contributed by atoms with Crippen LogP contribution >= 0.6 is 22.9 Å². The van der Waals surface area contributed by atoms with Crippen molar-refractivity contribution in [1.82, 2.24) is 24.6 Å². The van der Waals surface area contributed by atoms with Crippen LogP contribution in [-0.2, 0) is 6.61 Å². The average molecular weight is 502 g/mol. The third-order valence-corrected chi connectivity index (χ3v) is 7.23. The van der Waals surface area contributed by atoms with Crippen LogP contribution in [0.5, 0.6) is 11.5 Å². The molecule has 0 unspecified atom stereocenters. The standard InChI is InChI=1S/C26H20ClN5O2S/c1-14-10-15(2)29-26-21(14)22-23(35-26)25-30-24(31-32(25)13-28-22)16-8-9-19(33-3)17(11-16)12-34-20-7-5-4-6-18(20)27/h4-11,13H,12H2,1-3H3. The van der Waals surface area contributed by atoms with Crippen LogP contribution in [0.4, 0.5) is 0 Å². The van der Waals surface area contributed by atoms with E-state index in [1.165, 1.54) is 0 Å². The predicted molar refractivity (Wildman–Crippen MR) is 139 cm³/mol. The van der Waals surface area contributed by atoms with E-state index < -0.39 is 0 Å². The second-order valence-corrected chi connectivity index (χ2v) is 9.64. The number of benzene rings is 2. The van der Waals surface area contributed by atoms with Gasteiger partial charge in [0, 0.05) is 22.2 Å². The van der Waals surface area contributed by atoms with Crippen molar-refractivity contribution in [3.63, 3.8) is 0 Å². The van der Waals surface area contributed by atoms with Gasteiger partial charge >= 0.3 is 0 Å². The van der Waals surface area contributed by atoms with E-state index in [4.69, 9.17) is 36.1 Å². The lowest BCUT2D eigenvalue weighted by atomic mass is 10.1. The zero-order valence-corrected chi connectivity index (χ0v) is 20.8. The molecule has 0 saturated heterocycles. The Morgan fingerprint density at radius 1 is 1.03 bits per heavy atom. The topological polar surface area (TPSA) is 74.4 Å². The van der Waals surface area contributed by atoms with Gasteiger partial charge in [-0.25, -0.2) is 19.5 Å². The van der Waals surface area contributed by atoms with Crippen LogP contribution in [0.1, 0.15) is 16.8 Å². The summed E-state index contributed by atoms with van der Waals surface area (Å²) in [6, 6.07) is 15.3. The highest BCUT2D eigenvalue weighted by Crippen LogP contribution is 2.36. The zero-order chi connectivity index (χ0) is 24.1. The van der Waals surface area contributed by atoms with Crippen molar-refractivity contribution in [3.05, 3.63) is 76.7 Å². The van der Waals surface area contributed by atoms with E-state index in [-0.39, 0.29) is 0 Å². The quantitative estimate of drug-likeness (QED) is 0.271. The van der Waals surface area contributed by atoms with Crippen LogP contribution in [0.2, 0.25) is 5.02 Å². The number of thiophene rings is 1. The summed E-state index contributed by atoms with van der Waals surface area (Å²) in [6.07, 6.45) is 1.71. The Balaban J connectivity index is 1.42. The number of halogens is 1. The fraction of sp³-hybridized carbons (Fsp3) is 0.154. The molecule has 0 atom stereocenters. The van der Waals surface area contributed by atoms with Gasteiger partial charge in [-0.3, -0.25) is 0 Å². The molecule has 0 aliphatic carbocycles. The fourth-order valence-corrected chi connectivity index (χ4v) is 5.65. The second kappa shape index (κ2) is 8.48. The summed E-state index contributed by atoms with van der Waals surface area (Å²) >= 11 is 7.84. The van der Waals surface area contributed by atoms with Gasteiger partial charge in [0.15, 0.2) is 11.5 Å². The first kappa shape index (κ1) is 21.8. The number of ether oxygens (including phenoxy) is 2. The molecular formula is C26H20ClN5O2S. The van der Waals surface area contributed by atoms with Crippen molar-refractivity contribution < 1.29 is 9.47 Å². The number of hydrogen-bond donors (Lipinski definition) is 0. The molecule has 2 aromatic carbocycles. The van der Waals surface area contributed by atoms with Crippen molar-refractivity contribution in [3.8, 4) is 22.9 Å². The minimum absolute atomic E-state index is 0.292. The molecule has 0 spiro atoms. The number of pyridine rings is 1. The molecule has 174 valence electrons. The van der Waals surface area contributed by atoms with Gasteiger partial charge < -0.3 is 9.47 Å². The molecular weight excluding hydrogens is 482 g/mol. The number of methoxy groups -OCH3 is 1. The van der Waals surface area contributed by atoms with Crippen molar-refractivity contribution in [1.29, 1.82) is 0 Å². The number of hydrogen-bond acceptors (Lipinski definition) is 7. The van der Waals surface area contributed by atoms with Gasteiger partial charge in [-0.1, -0.05) is 23.7 Å². The summed E-state index contributed by atoms with van der Waals surface area (Å²) in [7, 11) is 1.64. The van der Waals surface area contributed by atoms with E-state index in [2.05, 4.69) is 18.0 Å². The maximum absolute atomic E-state index is 6.24. The highest BCUT2D eigenvalue weighted by molar-refractivity contribution is 7.26. The Hall–Kier alpha value is -3.75. The number of para-hydroxylation sites is 1. The van der Waals surface area contributed by atoms with Gasteiger partial charge in [0.25, 0.3) is 0 Å². The smallest absolute Gasteiger partial charge is 0.182 e. The summed E-state index contributed by atoms with van der Waals surface area (Å²) in [5, 5.41) is 6.33. The summed E-state index contributed by atoms with van der Waals surface area (Å²) in [6.45, 7) is 4.39. The van der Waals surface area contributed by atoms with E-state index >= 15 is 0 Å². The molecule has 0 N–H and O–H groups in total. The Kier molecular flexibility index (Phi) is 5.27. The summed E-state index contributed by atoms with van der Waals surface area (Å²) < 4.78 is 14.2. The maximum Gasteiger partial charge on any atom is 0.182 e. The monoisotopic (exact) mass is 501 g/mol. The molecule has 0 aliphatic heterocycles. The minimum Gasteiger partial charge on any atom is -0.496 e. The third-order valence-electron chi connectivity index (χ3n) is 5.85. The van der Waals surface area contributed by atoms with Crippen molar-refractivity contribution in [2.75, 3.05) is 7.11 Å². The number of fused-ring (bicyclic) bond motifs is 5. The van der Waals surface area contributed by atoms with Gasteiger partial charge in [0.2, 0.25) is 0 Å². The maximum atomic E-state index is 6.24. The predicted octanol–water partition coefficient (Wildman–Crippen LogP) is 6.41. The van der Waals surface area contributed by atoms with Crippen LogP contribution in [0.25, 0.3) is 37.5 Å². The van der Waals surface area contributed by atoms with Gasteiger partial charge in [-0.05, 0) is 55.8 Å². The third kappa shape index (κ3) is 3.75. The normalized spacial score (nSPS) is 11.5. The van der Waals surface area contributed by atoms with Crippen LogP contribution < -0.4 is 9.47 Å². The molecule has 0 saturated carbocycles. The molecule has 4 heterocycles. The van der Waals surface area contributed by atoms with Crippen molar-refractivity contribution in [2.45, 2.75) is 20.5 Å². The molecule has 4 aromatic heterocycles. The molecule has 9 heteroatoms. The van der Waals surface area contributed by atoms with E-state index in [1.54, 1.807) is 35.4 Å². The lowest BCUT2D eigenvalue weighted by molar-refractivity contribution is 0.297. The number of aryl methyl sites for hydroxylation is 2. The van der Waals surface area contributed by atoms with Crippen LogP contribution in [0.15, 0.2) is 54.9 Å². The highest BCUT2D eigenvalue weighted by Gasteiger charge is 2.18. The van der Waals surface area contributed by atoms with Gasteiger partial charge in [-0.15, -0.1) is 16.4 Å². The lowest BCUT2D eigenvalue weighted by Gasteiger charge is -2.12. The molecule has 0 aliphatic rings. The highest BCUT2D eigenvalue weighted by atomic mass is 35.5. The summed E-state index contributed by atoms with van der Waals surface area (Å²) in [4.78, 5) is 15.2. The van der Waals surface area contributed by atoms with Crippen LogP contribution in [0.3, 0.4) is 0 Å². The van der Waals surface area contributed by atoms with E-state index in [1.807, 2.05) is 43.3 Å². The van der Waals surface area contributed by atoms with Crippen LogP contribution in [0, 0.1) is 13.8 Å². The zero-order valence-electron chi connectivity index (χ0n) is 19.2. The Labute approximate surface area is 210 Å².